The molecule has 1 heterocycles. The Labute approximate surface area is 90.7 Å². The van der Waals surface area contributed by atoms with E-state index in [1.807, 2.05) is 11.4 Å². The Morgan fingerprint density at radius 2 is 2.29 bits per heavy atom. The van der Waals surface area contributed by atoms with Gasteiger partial charge < -0.3 is 9.84 Å². The molecule has 0 saturated heterocycles. The molecule has 0 aliphatic heterocycles. The van der Waals surface area contributed by atoms with Crippen molar-refractivity contribution in [1.82, 2.24) is 0 Å². The molecule has 2 aromatic rings. The first kappa shape index (κ1) is 9.77. The first-order valence-corrected chi connectivity index (χ1v) is 5.36. The third-order valence-electron chi connectivity index (χ3n) is 2.06. The number of aliphatic hydroxyl groups excluding tert-OH is 1. The second-order valence-electron chi connectivity index (χ2n) is 2.91. The molecular weight excluding hydrogens is 220 g/mol. The molecule has 2 rings (SSSR count). The number of rotatable bonds is 2. The van der Waals surface area contributed by atoms with Crippen LogP contribution in [0.25, 0.3) is 10.1 Å². The van der Waals surface area contributed by atoms with Crippen LogP contribution < -0.4 is 4.74 Å². The first-order chi connectivity index (χ1) is 6.76. The number of thiophene rings is 1. The van der Waals surface area contributed by atoms with Gasteiger partial charge in [-0.2, -0.15) is 0 Å². The summed E-state index contributed by atoms with van der Waals surface area (Å²) in [6, 6.07) is 3.73. The SMILES string of the molecule is COc1cc(CO)cc2scc(Cl)c12. The third-order valence-corrected chi connectivity index (χ3v) is 3.41. The van der Waals surface area contributed by atoms with E-state index in [9.17, 15) is 0 Å². The Bertz CT molecular complexity index is 464. The summed E-state index contributed by atoms with van der Waals surface area (Å²) >= 11 is 7.57. The van der Waals surface area contributed by atoms with Crippen molar-refractivity contribution in [2.75, 3.05) is 7.11 Å². The minimum Gasteiger partial charge on any atom is -0.496 e. The predicted molar refractivity (Wildman–Crippen MR) is 59.3 cm³/mol. The fourth-order valence-corrected chi connectivity index (χ4v) is 2.68. The maximum Gasteiger partial charge on any atom is 0.129 e. The van der Waals surface area contributed by atoms with E-state index >= 15 is 0 Å². The van der Waals surface area contributed by atoms with Crippen molar-refractivity contribution in [3.05, 3.63) is 28.1 Å². The van der Waals surface area contributed by atoms with Crippen molar-refractivity contribution >= 4 is 33.0 Å². The summed E-state index contributed by atoms with van der Waals surface area (Å²) in [6.07, 6.45) is 0. The van der Waals surface area contributed by atoms with E-state index in [2.05, 4.69) is 0 Å². The molecule has 0 fully saturated rings. The second kappa shape index (κ2) is 3.77. The highest BCUT2D eigenvalue weighted by Gasteiger charge is 2.09. The van der Waals surface area contributed by atoms with Crippen LogP contribution in [0.15, 0.2) is 17.5 Å². The van der Waals surface area contributed by atoms with Gasteiger partial charge in [0.15, 0.2) is 0 Å². The molecule has 4 heteroatoms. The smallest absolute Gasteiger partial charge is 0.129 e. The summed E-state index contributed by atoms with van der Waals surface area (Å²) in [7, 11) is 1.60. The van der Waals surface area contributed by atoms with Crippen LogP contribution in [0.3, 0.4) is 0 Å². The minimum atomic E-state index is 0.0157. The topological polar surface area (TPSA) is 29.5 Å². The lowest BCUT2D eigenvalue weighted by atomic mass is 10.1. The summed E-state index contributed by atoms with van der Waals surface area (Å²) in [5.41, 5.74) is 0.841. The number of aliphatic hydroxyl groups is 1. The summed E-state index contributed by atoms with van der Waals surface area (Å²) < 4.78 is 6.26. The van der Waals surface area contributed by atoms with Gasteiger partial charge in [0.2, 0.25) is 0 Å². The second-order valence-corrected chi connectivity index (χ2v) is 4.23. The highest BCUT2D eigenvalue weighted by Crippen LogP contribution is 2.37. The third kappa shape index (κ3) is 1.47. The van der Waals surface area contributed by atoms with E-state index in [1.165, 1.54) is 0 Å². The quantitative estimate of drug-likeness (QED) is 0.856. The molecule has 0 spiro atoms. The van der Waals surface area contributed by atoms with Gasteiger partial charge in [-0.3, -0.25) is 0 Å². The molecule has 1 aromatic carbocycles. The standard InChI is InChI=1S/C10H9ClO2S/c1-13-8-2-6(4-12)3-9-10(8)7(11)5-14-9/h2-3,5,12H,4H2,1H3. The van der Waals surface area contributed by atoms with Crippen molar-refractivity contribution in [2.24, 2.45) is 0 Å². The molecule has 0 saturated carbocycles. The van der Waals surface area contributed by atoms with Crippen molar-refractivity contribution in [3.63, 3.8) is 0 Å². The van der Waals surface area contributed by atoms with Crippen molar-refractivity contribution in [1.29, 1.82) is 0 Å². The van der Waals surface area contributed by atoms with Gasteiger partial charge in [0, 0.05) is 10.1 Å². The number of hydrogen-bond donors (Lipinski definition) is 1. The van der Waals surface area contributed by atoms with E-state index < -0.39 is 0 Å². The van der Waals surface area contributed by atoms with Gasteiger partial charge in [0.25, 0.3) is 0 Å². The fourth-order valence-electron chi connectivity index (χ4n) is 1.40. The van der Waals surface area contributed by atoms with Crippen molar-refractivity contribution in [2.45, 2.75) is 6.61 Å². The lowest BCUT2D eigenvalue weighted by molar-refractivity contribution is 0.281. The zero-order chi connectivity index (χ0) is 10.1. The maximum absolute atomic E-state index is 9.04. The average Bonchev–Trinajstić information content (AvgIpc) is 2.59. The van der Waals surface area contributed by atoms with Gasteiger partial charge in [0.05, 0.1) is 24.1 Å². The Kier molecular flexibility index (Phi) is 2.63. The number of ether oxygens (including phenoxy) is 1. The minimum absolute atomic E-state index is 0.0157. The van der Waals surface area contributed by atoms with Crippen LogP contribution in [0.1, 0.15) is 5.56 Å². The molecule has 2 nitrogen and oxygen atoms in total. The zero-order valence-corrected chi connectivity index (χ0v) is 9.15. The van der Waals surface area contributed by atoms with E-state index in [4.69, 9.17) is 21.4 Å². The number of methoxy groups -OCH3 is 1. The van der Waals surface area contributed by atoms with Gasteiger partial charge in [-0.05, 0) is 17.7 Å². The molecule has 0 amide bonds. The normalized spacial score (nSPS) is 10.8. The summed E-state index contributed by atoms with van der Waals surface area (Å²) in [6.45, 7) is 0.0157. The lowest BCUT2D eigenvalue weighted by Crippen LogP contribution is -1.88. The van der Waals surface area contributed by atoms with Gasteiger partial charge in [-0.15, -0.1) is 11.3 Å². The van der Waals surface area contributed by atoms with Gasteiger partial charge >= 0.3 is 0 Å². The Balaban J connectivity index is 2.76. The summed E-state index contributed by atoms with van der Waals surface area (Å²) in [4.78, 5) is 0. The molecule has 0 aliphatic rings. The molecule has 0 aliphatic carbocycles. The predicted octanol–water partition coefficient (Wildman–Crippen LogP) is 3.06. The van der Waals surface area contributed by atoms with Crippen LogP contribution in [0.5, 0.6) is 5.75 Å². The Morgan fingerprint density at radius 1 is 1.50 bits per heavy atom. The molecular formula is C10H9ClO2S. The molecule has 0 unspecified atom stereocenters. The zero-order valence-electron chi connectivity index (χ0n) is 7.58. The number of hydrogen-bond acceptors (Lipinski definition) is 3. The highest BCUT2D eigenvalue weighted by molar-refractivity contribution is 7.17. The van der Waals surface area contributed by atoms with Crippen LogP contribution in [-0.4, -0.2) is 12.2 Å². The van der Waals surface area contributed by atoms with Crippen LogP contribution in [0.2, 0.25) is 5.02 Å². The van der Waals surface area contributed by atoms with E-state index in [-0.39, 0.29) is 6.61 Å². The lowest BCUT2D eigenvalue weighted by Gasteiger charge is -2.04. The molecule has 74 valence electrons. The molecule has 14 heavy (non-hydrogen) atoms. The summed E-state index contributed by atoms with van der Waals surface area (Å²) in [5.74, 6) is 0.720. The first-order valence-electron chi connectivity index (χ1n) is 4.10. The van der Waals surface area contributed by atoms with Crippen LogP contribution >= 0.6 is 22.9 Å². The Morgan fingerprint density at radius 3 is 2.93 bits per heavy atom. The number of fused-ring (bicyclic) bond motifs is 1. The number of benzene rings is 1. The van der Waals surface area contributed by atoms with E-state index in [0.29, 0.717) is 5.02 Å². The monoisotopic (exact) mass is 228 g/mol. The van der Waals surface area contributed by atoms with Gasteiger partial charge in [-0.25, -0.2) is 0 Å². The van der Waals surface area contributed by atoms with Crippen LogP contribution in [0, 0.1) is 0 Å². The van der Waals surface area contributed by atoms with Crippen LogP contribution in [-0.2, 0) is 6.61 Å². The summed E-state index contributed by atoms with van der Waals surface area (Å²) in [5, 5.41) is 12.5. The van der Waals surface area contributed by atoms with Crippen molar-refractivity contribution in [3.8, 4) is 5.75 Å². The fraction of sp³-hybridized carbons (Fsp3) is 0.200. The number of halogens is 1. The van der Waals surface area contributed by atoms with Gasteiger partial charge in [-0.1, -0.05) is 11.6 Å². The largest absolute Gasteiger partial charge is 0.496 e. The van der Waals surface area contributed by atoms with Gasteiger partial charge in [0.1, 0.15) is 5.75 Å². The molecule has 1 N–H and O–H groups in total. The average molecular weight is 229 g/mol. The molecule has 0 radical (unpaired) electrons. The van der Waals surface area contributed by atoms with Crippen molar-refractivity contribution < 1.29 is 9.84 Å². The molecule has 0 bridgehead atoms. The highest BCUT2D eigenvalue weighted by atomic mass is 35.5. The van der Waals surface area contributed by atoms with Crippen LogP contribution in [0.4, 0.5) is 0 Å². The van der Waals surface area contributed by atoms with E-state index in [0.717, 1.165) is 21.4 Å². The van der Waals surface area contributed by atoms with E-state index in [1.54, 1.807) is 24.5 Å². The maximum atomic E-state index is 9.04. The molecule has 1 aromatic heterocycles. The Hall–Kier alpha value is -0.770. The molecule has 0 atom stereocenters.